The fraction of sp³-hybridized carbons (Fsp3) is 0.464. The number of thiazole rings is 1. The lowest BCUT2D eigenvalue weighted by molar-refractivity contribution is -0.115. The maximum absolute atomic E-state index is 12.8. The third kappa shape index (κ3) is 7.45. The number of benzene rings is 1. The molecule has 1 aliphatic carbocycles. The fourth-order valence-electron chi connectivity index (χ4n) is 4.59. The van der Waals surface area contributed by atoms with Crippen molar-refractivity contribution in [2.24, 2.45) is 10.9 Å². The molecule has 0 saturated carbocycles. The highest BCUT2D eigenvalue weighted by Gasteiger charge is 2.29. The van der Waals surface area contributed by atoms with E-state index in [0.29, 0.717) is 40.0 Å². The Hall–Kier alpha value is -3.00. The monoisotopic (exact) mass is 619 g/mol. The van der Waals surface area contributed by atoms with Crippen molar-refractivity contribution in [1.82, 2.24) is 4.57 Å². The van der Waals surface area contributed by atoms with E-state index in [4.69, 9.17) is 14.2 Å². The highest BCUT2D eigenvalue weighted by molar-refractivity contribution is 8.00. The number of methoxy groups -OCH3 is 2. The van der Waals surface area contributed by atoms with Crippen molar-refractivity contribution in [1.29, 1.82) is 0 Å². The first-order chi connectivity index (χ1) is 19.7. The van der Waals surface area contributed by atoms with Crippen LogP contribution in [0.2, 0.25) is 0 Å². The van der Waals surface area contributed by atoms with Crippen molar-refractivity contribution < 1.29 is 33.4 Å². The van der Waals surface area contributed by atoms with Crippen molar-refractivity contribution in [2.75, 3.05) is 44.3 Å². The van der Waals surface area contributed by atoms with E-state index >= 15 is 0 Å². The van der Waals surface area contributed by atoms with Gasteiger partial charge in [0.2, 0.25) is 5.91 Å². The molecule has 2 aromatic heterocycles. The zero-order chi connectivity index (χ0) is 29.5. The molecule has 0 fully saturated rings. The lowest BCUT2D eigenvalue weighted by atomic mass is 9.88. The number of hydrogen-bond acceptors (Lipinski definition) is 10. The molecule has 0 radical (unpaired) electrons. The Kier molecular flexibility index (Phi) is 10.8. The van der Waals surface area contributed by atoms with Gasteiger partial charge in [0, 0.05) is 18.5 Å². The second-order valence-corrected chi connectivity index (χ2v) is 12.6. The van der Waals surface area contributed by atoms with Crippen LogP contribution in [0.4, 0.5) is 5.00 Å². The molecule has 4 rings (SSSR count). The number of thioether (sulfide) groups is 1. The molecule has 3 aromatic rings. The predicted molar refractivity (Wildman–Crippen MR) is 161 cm³/mol. The number of rotatable bonds is 11. The topological polar surface area (TPSA) is 125 Å². The third-order valence-corrected chi connectivity index (χ3v) is 9.67. The van der Waals surface area contributed by atoms with Crippen molar-refractivity contribution in [2.45, 2.75) is 39.7 Å². The minimum absolute atomic E-state index is 0.00252. The van der Waals surface area contributed by atoms with Gasteiger partial charge in [-0.05, 0) is 55.9 Å². The summed E-state index contributed by atoms with van der Waals surface area (Å²) in [5.74, 6) is -0.994. The highest BCUT2D eigenvalue weighted by Crippen LogP contribution is 2.40. The molecule has 1 atom stereocenters. The van der Waals surface area contributed by atoms with Crippen LogP contribution in [0.15, 0.2) is 23.2 Å². The van der Waals surface area contributed by atoms with Crippen molar-refractivity contribution in [3.05, 3.63) is 44.6 Å². The van der Waals surface area contributed by atoms with E-state index in [2.05, 4.69) is 17.2 Å². The molecule has 0 spiro atoms. The first kappa shape index (κ1) is 30.9. The molecule has 0 bridgehead atoms. The van der Waals surface area contributed by atoms with Crippen molar-refractivity contribution in [3.8, 4) is 0 Å². The number of anilines is 1. The second-order valence-electron chi connectivity index (χ2n) is 9.53. The average Bonchev–Trinajstić information content (AvgIpc) is 3.47. The SMILES string of the molecule is CCOC(=O)c1c(NC(=O)CSCC(=O)N=c2sc3cc(C(=O)OC)ccc3n2CCOC)sc2c1CCC(C)C2. The lowest BCUT2D eigenvalue weighted by Gasteiger charge is -2.18. The number of hydrogen-bond donors (Lipinski definition) is 1. The van der Waals surface area contributed by atoms with Gasteiger partial charge in [-0.15, -0.1) is 23.1 Å². The summed E-state index contributed by atoms with van der Waals surface area (Å²) in [5, 5.41) is 3.39. The minimum Gasteiger partial charge on any atom is -0.465 e. The molecule has 13 heteroatoms. The molecule has 0 saturated heterocycles. The van der Waals surface area contributed by atoms with Gasteiger partial charge in [0.05, 0.1) is 53.2 Å². The number of amides is 2. The van der Waals surface area contributed by atoms with Gasteiger partial charge in [-0.2, -0.15) is 4.99 Å². The molecule has 0 aliphatic heterocycles. The Labute approximate surface area is 250 Å². The van der Waals surface area contributed by atoms with Gasteiger partial charge in [-0.1, -0.05) is 18.3 Å². The number of carbonyl (C=O) groups excluding carboxylic acids is 4. The summed E-state index contributed by atoms with van der Waals surface area (Å²) < 4.78 is 18.0. The predicted octanol–water partition coefficient (Wildman–Crippen LogP) is 4.30. The smallest absolute Gasteiger partial charge is 0.341 e. The lowest BCUT2D eigenvalue weighted by Crippen LogP contribution is -2.20. The van der Waals surface area contributed by atoms with E-state index in [1.807, 2.05) is 4.57 Å². The molecule has 10 nitrogen and oxygen atoms in total. The van der Waals surface area contributed by atoms with Crippen LogP contribution in [0.1, 0.15) is 51.4 Å². The number of aromatic nitrogens is 1. The van der Waals surface area contributed by atoms with Gasteiger partial charge >= 0.3 is 11.9 Å². The molecule has 220 valence electrons. The van der Waals surface area contributed by atoms with Gasteiger partial charge in [0.15, 0.2) is 4.80 Å². The molecular weight excluding hydrogens is 587 g/mol. The van der Waals surface area contributed by atoms with Crippen LogP contribution in [-0.4, -0.2) is 67.3 Å². The van der Waals surface area contributed by atoms with Crippen LogP contribution in [0.5, 0.6) is 0 Å². The maximum Gasteiger partial charge on any atom is 0.341 e. The maximum atomic E-state index is 12.8. The molecule has 1 N–H and O–H groups in total. The number of esters is 2. The van der Waals surface area contributed by atoms with E-state index in [1.165, 1.54) is 29.8 Å². The summed E-state index contributed by atoms with van der Waals surface area (Å²) in [7, 11) is 2.92. The number of nitrogens with one attached hydrogen (secondary N) is 1. The van der Waals surface area contributed by atoms with E-state index in [1.54, 1.807) is 32.2 Å². The highest BCUT2D eigenvalue weighted by atomic mass is 32.2. The van der Waals surface area contributed by atoms with E-state index in [-0.39, 0.29) is 29.9 Å². The number of thiophene rings is 1. The zero-order valence-electron chi connectivity index (χ0n) is 23.4. The summed E-state index contributed by atoms with van der Waals surface area (Å²) >= 11 is 3.87. The Balaban J connectivity index is 1.44. The van der Waals surface area contributed by atoms with Gasteiger partial charge in [0.1, 0.15) is 5.00 Å². The number of fused-ring (bicyclic) bond motifs is 2. The van der Waals surface area contributed by atoms with E-state index in [9.17, 15) is 19.2 Å². The molecule has 2 heterocycles. The third-order valence-electron chi connectivity index (χ3n) is 6.55. The van der Waals surface area contributed by atoms with Crippen molar-refractivity contribution >= 4 is 73.4 Å². The van der Waals surface area contributed by atoms with Gasteiger partial charge < -0.3 is 24.1 Å². The van der Waals surface area contributed by atoms with Crippen LogP contribution in [0.25, 0.3) is 10.2 Å². The summed E-state index contributed by atoms with van der Waals surface area (Å²) in [6.07, 6.45) is 2.65. The summed E-state index contributed by atoms with van der Waals surface area (Å²) in [5.41, 5.74) is 2.67. The summed E-state index contributed by atoms with van der Waals surface area (Å²) in [4.78, 5) is 56.1. The Morgan fingerprint density at radius 3 is 2.68 bits per heavy atom. The average molecular weight is 620 g/mol. The van der Waals surface area contributed by atoms with Crippen LogP contribution >= 0.6 is 34.4 Å². The Morgan fingerprint density at radius 2 is 1.95 bits per heavy atom. The number of carbonyl (C=O) groups is 4. The Morgan fingerprint density at radius 1 is 1.15 bits per heavy atom. The summed E-state index contributed by atoms with van der Waals surface area (Å²) in [6.45, 7) is 5.09. The van der Waals surface area contributed by atoms with E-state index < -0.39 is 11.9 Å². The van der Waals surface area contributed by atoms with Gasteiger partial charge in [-0.25, -0.2) is 9.59 Å². The largest absolute Gasteiger partial charge is 0.465 e. The fourth-order valence-corrected chi connectivity index (χ4v) is 7.72. The van der Waals surface area contributed by atoms with Gasteiger partial charge in [0.25, 0.3) is 5.91 Å². The molecule has 1 unspecified atom stereocenters. The quantitative estimate of drug-likeness (QED) is 0.315. The minimum atomic E-state index is -0.445. The number of nitrogens with zero attached hydrogens (tertiary/aromatic N) is 2. The van der Waals surface area contributed by atoms with Gasteiger partial charge in [-0.3, -0.25) is 9.59 Å². The second kappa shape index (κ2) is 14.3. The molecule has 41 heavy (non-hydrogen) atoms. The molecular formula is C28H33N3O7S3. The standard InChI is InChI=1S/C28H33N3O7S3/c1-5-38-27(35)24-18-8-6-16(2)12-20(18)40-25(24)29-22(32)14-39-15-23(33)30-28-31(10-11-36-3)19-9-7-17(26(34)37-4)13-21(19)41-28/h7,9,13,16H,5-6,8,10-12,14-15H2,1-4H3,(H,29,32). The first-order valence-corrected chi connectivity index (χ1v) is 16.0. The summed E-state index contributed by atoms with van der Waals surface area (Å²) in [6, 6.07) is 5.18. The zero-order valence-corrected chi connectivity index (χ0v) is 25.9. The van der Waals surface area contributed by atoms with Crippen LogP contribution in [0.3, 0.4) is 0 Å². The molecule has 1 aromatic carbocycles. The number of ether oxygens (including phenoxy) is 3. The van der Waals surface area contributed by atoms with E-state index in [0.717, 1.165) is 51.7 Å². The normalized spacial score (nSPS) is 15.0. The van der Waals surface area contributed by atoms with Crippen LogP contribution in [-0.2, 0) is 43.2 Å². The first-order valence-electron chi connectivity index (χ1n) is 13.2. The van der Waals surface area contributed by atoms with Crippen LogP contribution < -0.4 is 10.1 Å². The van der Waals surface area contributed by atoms with Crippen molar-refractivity contribution in [3.63, 3.8) is 0 Å². The molecule has 1 aliphatic rings. The molecule has 2 amide bonds. The van der Waals surface area contributed by atoms with Crippen LogP contribution in [0, 0.1) is 5.92 Å². The Bertz CT molecular complexity index is 1520.